The molecule has 0 fully saturated rings. The van der Waals surface area contributed by atoms with Crippen LogP contribution in [0.5, 0.6) is 5.75 Å². The van der Waals surface area contributed by atoms with Crippen molar-refractivity contribution in [3.05, 3.63) is 29.6 Å². The van der Waals surface area contributed by atoms with Gasteiger partial charge in [0.1, 0.15) is 11.6 Å². The number of phenolic OH excluding ortho intramolecular Hbond substituents is 1. The van der Waals surface area contributed by atoms with Gasteiger partial charge in [-0.15, -0.1) is 0 Å². The van der Waals surface area contributed by atoms with Crippen molar-refractivity contribution in [3.63, 3.8) is 0 Å². The smallest absolute Gasteiger partial charge is 0.255 e. The van der Waals surface area contributed by atoms with E-state index < -0.39 is 17.5 Å². The second kappa shape index (κ2) is 6.72. The number of rotatable bonds is 5. The predicted octanol–water partition coefficient (Wildman–Crippen LogP) is 1.13. The Labute approximate surface area is 111 Å². The second-order valence-corrected chi connectivity index (χ2v) is 3.91. The van der Waals surface area contributed by atoms with E-state index in [-0.39, 0.29) is 18.0 Å². The van der Waals surface area contributed by atoms with Gasteiger partial charge in [0.15, 0.2) is 0 Å². The van der Waals surface area contributed by atoms with Crippen LogP contribution in [0.4, 0.5) is 4.39 Å². The van der Waals surface area contributed by atoms with Crippen molar-refractivity contribution in [2.24, 2.45) is 0 Å². The van der Waals surface area contributed by atoms with E-state index in [0.717, 1.165) is 12.1 Å². The molecule has 0 radical (unpaired) electrons. The summed E-state index contributed by atoms with van der Waals surface area (Å²) in [5.74, 6) is -1.90. The number of aromatic hydroxyl groups is 1. The summed E-state index contributed by atoms with van der Waals surface area (Å²) in [5, 5.41) is 11.8. The van der Waals surface area contributed by atoms with Gasteiger partial charge in [-0.2, -0.15) is 0 Å². The zero-order valence-corrected chi connectivity index (χ0v) is 10.9. The Morgan fingerprint density at radius 2 is 1.95 bits per heavy atom. The third-order valence-corrected chi connectivity index (χ3v) is 2.72. The Kier molecular flexibility index (Phi) is 5.29. The molecule has 6 heteroatoms. The number of nitrogens with zero attached hydrogens (tertiary/aromatic N) is 1. The molecule has 2 N–H and O–H groups in total. The SMILES string of the molecule is CCN(CC)C(=O)CNC(=O)c1ccc(F)cc1O. The summed E-state index contributed by atoms with van der Waals surface area (Å²) in [4.78, 5) is 25.0. The zero-order chi connectivity index (χ0) is 14.4. The summed E-state index contributed by atoms with van der Waals surface area (Å²) in [5.41, 5.74) is -0.0613. The second-order valence-electron chi connectivity index (χ2n) is 3.91. The van der Waals surface area contributed by atoms with E-state index in [0.29, 0.717) is 13.1 Å². The molecule has 0 saturated heterocycles. The third kappa shape index (κ3) is 3.94. The van der Waals surface area contributed by atoms with Crippen molar-refractivity contribution < 1.29 is 19.1 Å². The van der Waals surface area contributed by atoms with Crippen molar-refractivity contribution in [1.29, 1.82) is 0 Å². The van der Waals surface area contributed by atoms with Crippen LogP contribution in [-0.4, -0.2) is 41.5 Å². The highest BCUT2D eigenvalue weighted by atomic mass is 19.1. The Balaban J connectivity index is 2.63. The predicted molar refractivity (Wildman–Crippen MR) is 68.3 cm³/mol. The first kappa shape index (κ1) is 14.9. The molecule has 1 aromatic carbocycles. The number of carbonyl (C=O) groups is 2. The lowest BCUT2D eigenvalue weighted by Gasteiger charge is -2.18. The molecule has 0 aliphatic rings. The molecule has 5 nitrogen and oxygen atoms in total. The van der Waals surface area contributed by atoms with Crippen LogP contribution in [0.1, 0.15) is 24.2 Å². The lowest BCUT2D eigenvalue weighted by atomic mass is 10.2. The molecule has 1 aromatic rings. The number of halogens is 1. The molecule has 0 spiro atoms. The molecule has 0 bridgehead atoms. The minimum atomic E-state index is -0.631. The lowest BCUT2D eigenvalue weighted by Crippen LogP contribution is -2.40. The maximum absolute atomic E-state index is 12.8. The summed E-state index contributed by atoms with van der Waals surface area (Å²) in [6.07, 6.45) is 0. The Bertz CT molecular complexity index is 473. The fraction of sp³-hybridized carbons (Fsp3) is 0.385. The number of likely N-dealkylation sites (N-methyl/N-ethyl adjacent to an activating group) is 1. The average molecular weight is 268 g/mol. The van der Waals surface area contributed by atoms with E-state index in [1.54, 1.807) is 4.90 Å². The highest BCUT2D eigenvalue weighted by Gasteiger charge is 2.14. The van der Waals surface area contributed by atoms with Crippen molar-refractivity contribution in [1.82, 2.24) is 10.2 Å². The molecule has 19 heavy (non-hydrogen) atoms. The molecule has 104 valence electrons. The Morgan fingerprint density at radius 3 is 2.47 bits per heavy atom. The number of amides is 2. The van der Waals surface area contributed by atoms with Gasteiger partial charge >= 0.3 is 0 Å². The minimum Gasteiger partial charge on any atom is -0.507 e. The number of nitrogens with one attached hydrogen (secondary N) is 1. The van der Waals surface area contributed by atoms with Gasteiger partial charge in [0.2, 0.25) is 5.91 Å². The van der Waals surface area contributed by atoms with Gasteiger partial charge in [-0.3, -0.25) is 9.59 Å². The van der Waals surface area contributed by atoms with Crippen LogP contribution in [0.25, 0.3) is 0 Å². The fourth-order valence-corrected chi connectivity index (χ4v) is 1.64. The van der Waals surface area contributed by atoms with Gasteiger partial charge in [-0.25, -0.2) is 4.39 Å². The molecule has 0 aliphatic heterocycles. The zero-order valence-electron chi connectivity index (χ0n) is 10.9. The standard InChI is InChI=1S/C13H17FN2O3/c1-3-16(4-2)12(18)8-15-13(19)10-6-5-9(14)7-11(10)17/h5-7,17H,3-4,8H2,1-2H3,(H,15,19). The quantitative estimate of drug-likeness (QED) is 0.841. The van der Waals surface area contributed by atoms with E-state index in [9.17, 15) is 19.1 Å². The van der Waals surface area contributed by atoms with Crippen LogP contribution >= 0.6 is 0 Å². The Hall–Kier alpha value is -2.11. The number of phenols is 1. The van der Waals surface area contributed by atoms with Crippen molar-refractivity contribution in [2.45, 2.75) is 13.8 Å². The number of benzene rings is 1. The summed E-state index contributed by atoms with van der Waals surface area (Å²) < 4.78 is 12.8. The topological polar surface area (TPSA) is 69.6 Å². The van der Waals surface area contributed by atoms with Crippen LogP contribution < -0.4 is 5.32 Å². The number of hydrogen-bond acceptors (Lipinski definition) is 3. The maximum atomic E-state index is 12.8. The lowest BCUT2D eigenvalue weighted by molar-refractivity contribution is -0.129. The summed E-state index contributed by atoms with van der Waals surface area (Å²) in [7, 11) is 0. The van der Waals surface area contributed by atoms with Gasteiger partial charge in [-0.05, 0) is 26.0 Å². The van der Waals surface area contributed by atoms with E-state index >= 15 is 0 Å². The van der Waals surface area contributed by atoms with Crippen LogP contribution in [0, 0.1) is 5.82 Å². The fourth-order valence-electron chi connectivity index (χ4n) is 1.64. The van der Waals surface area contributed by atoms with Gasteiger partial charge in [0.25, 0.3) is 5.91 Å². The summed E-state index contributed by atoms with van der Waals surface area (Å²) in [6.45, 7) is 4.65. The molecular weight excluding hydrogens is 251 g/mol. The average Bonchev–Trinajstić information content (AvgIpc) is 2.37. The molecular formula is C13H17FN2O3. The van der Waals surface area contributed by atoms with E-state index in [1.165, 1.54) is 6.07 Å². The van der Waals surface area contributed by atoms with Crippen LogP contribution in [0.3, 0.4) is 0 Å². The highest BCUT2D eigenvalue weighted by molar-refractivity contribution is 5.98. The van der Waals surface area contributed by atoms with Crippen LogP contribution in [0.2, 0.25) is 0 Å². The minimum absolute atomic E-state index is 0.0613. The first-order chi connectivity index (χ1) is 8.99. The molecule has 0 unspecified atom stereocenters. The van der Waals surface area contributed by atoms with Crippen LogP contribution in [0.15, 0.2) is 18.2 Å². The van der Waals surface area contributed by atoms with Gasteiger partial charge in [0, 0.05) is 19.2 Å². The number of hydrogen-bond donors (Lipinski definition) is 2. The van der Waals surface area contributed by atoms with Gasteiger partial charge in [0.05, 0.1) is 12.1 Å². The summed E-state index contributed by atoms with van der Waals surface area (Å²) in [6, 6.07) is 3.09. The molecule has 2 amide bonds. The van der Waals surface area contributed by atoms with E-state index in [1.807, 2.05) is 13.8 Å². The normalized spacial score (nSPS) is 10.1. The van der Waals surface area contributed by atoms with Crippen LogP contribution in [-0.2, 0) is 4.79 Å². The molecule has 0 saturated carbocycles. The molecule has 0 atom stereocenters. The van der Waals surface area contributed by atoms with E-state index in [2.05, 4.69) is 5.32 Å². The third-order valence-electron chi connectivity index (χ3n) is 2.72. The maximum Gasteiger partial charge on any atom is 0.255 e. The monoisotopic (exact) mass is 268 g/mol. The summed E-state index contributed by atoms with van der Waals surface area (Å²) >= 11 is 0. The highest BCUT2D eigenvalue weighted by Crippen LogP contribution is 2.17. The van der Waals surface area contributed by atoms with Gasteiger partial charge < -0.3 is 15.3 Å². The van der Waals surface area contributed by atoms with Crippen molar-refractivity contribution in [3.8, 4) is 5.75 Å². The molecule has 0 aromatic heterocycles. The molecule has 0 heterocycles. The number of carbonyl (C=O) groups excluding carboxylic acids is 2. The van der Waals surface area contributed by atoms with Crippen molar-refractivity contribution >= 4 is 11.8 Å². The van der Waals surface area contributed by atoms with E-state index in [4.69, 9.17) is 0 Å². The largest absolute Gasteiger partial charge is 0.507 e. The Morgan fingerprint density at radius 1 is 1.32 bits per heavy atom. The molecule has 0 aliphatic carbocycles. The van der Waals surface area contributed by atoms with Gasteiger partial charge in [-0.1, -0.05) is 0 Å². The van der Waals surface area contributed by atoms with Crippen molar-refractivity contribution in [2.75, 3.05) is 19.6 Å². The first-order valence-electron chi connectivity index (χ1n) is 6.04. The first-order valence-corrected chi connectivity index (χ1v) is 6.04. The molecule has 1 rings (SSSR count).